The van der Waals surface area contributed by atoms with Gasteiger partial charge in [-0.25, -0.2) is 0 Å². The molecule has 0 spiro atoms. The second-order valence-electron chi connectivity index (χ2n) is 4.32. The number of benzene rings is 1. The van der Waals surface area contributed by atoms with Crippen LogP contribution in [0.2, 0.25) is 0 Å². The predicted molar refractivity (Wildman–Crippen MR) is 53.0 cm³/mol. The van der Waals surface area contributed by atoms with Gasteiger partial charge in [-0.05, 0) is 12.5 Å². The number of epoxide rings is 1. The zero-order chi connectivity index (χ0) is 9.60. The average molecular weight is 190 g/mol. The molecule has 0 N–H and O–H groups in total. The molecule has 0 aliphatic carbocycles. The molecule has 2 heterocycles. The Hall–Kier alpha value is -0.860. The van der Waals surface area contributed by atoms with Crippen molar-refractivity contribution in [1.29, 1.82) is 0 Å². The molecule has 2 aliphatic rings. The molecule has 0 saturated carbocycles. The van der Waals surface area contributed by atoms with Crippen molar-refractivity contribution in [3.63, 3.8) is 0 Å². The maximum absolute atomic E-state index is 5.88. The first-order valence-corrected chi connectivity index (χ1v) is 5.13. The molecule has 1 aromatic carbocycles. The molecular formula is C12H14O2. The highest BCUT2D eigenvalue weighted by Crippen LogP contribution is 2.43. The van der Waals surface area contributed by atoms with Gasteiger partial charge < -0.3 is 9.47 Å². The van der Waals surface area contributed by atoms with Crippen molar-refractivity contribution in [1.82, 2.24) is 0 Å². The van der Waals surface area contributed by atoms with Gasteiger partial charge in [0, 0.05) is 6.42 Å². The molecule has 2 fully saturated rings. The molecule has 3 rings (SSSR count). The summed E-state index contributed by atoms with van der Waals surface area (Å²) in [7, 11) is 0. The largest absolute Gasteiger partial charge is 0.368 e. The van der Waals surface area contributed by atoms with Crippen LogP contribution in [0.25, 0.3) is 0 Å². The number of fused-ring (bicyclic) bond motifs is 1. The van der Waals surface area contributed by atoms with E-state index in [9.17, 15) is 0 Å². The fraction of sp³-hybridized carbons (Fsp3) is 0.500. The lowest BCUT2D eigenvalue weighted by molar-refractivity contribution is -0.0577. The average Bonchev–Trinajstić information content (AvgIpc) is 2.97. The van der Waals surface area contributed by atoms with Crippen LogP contribution in [0.1, 0.15) is 18.9 Å². The second-order valence-corrected chi connectivity index (χ2v) is 4.32. The van der Waals surface area contributed by atoms with Crippen LogP contribution < -0.4 is 0 Å². The van der Waals surface area contributed by atoms with Gasteiger partial charge in [0.05, 0.1) is 18.3 Å². The summed E-state index contributed by atoms with van der Waals surface area (Å²) in [6, 6.07) is 10.4. The van der Waals surface area contributed by atoms with Crippen LogP contribution in [0, 0.1) is 0 Å². The molecule has 0 radical (unpaired) electrons. The van der Waals surface area contributed by atoms with Gasteiger partial charge in [0.1, 0.15) is 6.10 Å². The smallest absolute Gasteiger partial charge is 0.108 e. The minimum absolute atomic E-state index is 0.140. The molecule has 0 amide bonds. The van der Waals surface area contributed by atoms with Gasteiger partial charge in [-0.3, -0.25) is 0 Å². The minimum Gasteiger partial charge on any atom is -0.368 e. The molecule has 14 heavy (non-hydrogen) atoms. The third-order valence-electron chi connectivity index (χ3n) is 3.23. The van der Waals surface area contributed by atoms with Gasteiger partial charge in [0.2, 0.25) is 0 Å². The molecule has 2 nitrogen and oxygen atoms in total. The summed E-state index contributed by atoms with van der Waals surface area (Å²) >= 11 is 0. The first kappa shape index (κ1) is 8.45. The Labute approximate surface area is 83.8 Å². The first-order chi connectivity index (χ1) is 6.78. The first-order valence-electron chi connectivity index (χ1n) is 5.13. The van der Waals surface area contributed by atoms with E-state index in [0.29, 0.717) is 12.2 Å². The number of rotatable bonds is 1. The van der Waals surface area contributed by atoms with E-state index in [0.717, 1.165) is 13.0 Å². The van der Waals surface area contributed by atoms with Crippen LogP contribution in [-0.4, -0.2) is 18.8 Å². The SMILES string of the molecule is C[C@@]1(c2ccccc2)C[C@@H]2O[C@@H]2CO1. The number of ether oxygens (including phenoxy) is 2. The fourth-order valence-corrected chi connectivity index (χ4v) is 2.21. The number of hydrogen-bond donors (Lipinski definition) is 0. The molecule has 2 saturated heterocycles. The van der Waals surface area contributed by atoms with Gasteiger partial charge in [0.25, 0.3) is 0 Å². The Kier molecular flexibility index (Phi) is 1.70. The van der Waals surface area contributed by atoms with E-state index in [1.54, 1.807) is 0 Å². The highest BCUT2D eigenvalue weighted by Gasteiger charge is 2.50. The molecule has 2 aliphatic heterocycles. The van der Waals surface area contributed by atoms with E-state index >= 15 is 0 Å². The van der Waals surface area contributed by atoms with Gasteiger partial charge in [0.15, 0.2) is 0 Å². The van der Waals surface area contributed by atoms with Crippen molar-refractivity contribution in [2.45, 2.75) is 31.2 Å². The highest BCUT2D eigenvalue weighted by atomic mass is 16.6. The van der Waals surface area contributed by atoms with Gasteiger partial charge in [-0.1, -0.05) is 30.3 Å². The lowest BCUT2D eigenvalue weighted by Crippen LogP contribution is -2.34. The van der Waals surface area contributed by atoms with Crippen molar-refractivity contribution in [3.05, 3.63) is 35.9 Å². The third kappa shape index (κ3) is 1.26. The van der Waals surface area contributed by atoms with Crippen LogP contribution in [0.3, 0.4) is 0 Å². The second kappa shape index (κ2) is 2.81. The van der Waals surface area contributed by atoms with Gasteiger partial charge >= 0.3 is 0 Å². The minimum atomic E-state index is -0.140. The van der Waals surface area contributed by atoms with Crippen LogP contribution >= 0.6 is 0 Å². The third-order valence-corrected chi connectivity index (χ3v) is 3.23. The lowest BCUT2D eigenvalue weighted by Gasteiger charge is -2.32. The molecule has 0 aromatic heterocycles. The van der Waals surface area contributed by atoms with E-state index in [-0.39, 0.29) is 5.60 Å². The summed E-state index contributed by atoms with van der Waals surface area (Å²) in [5, 5.41) is 0. The zero-order valence-electron chi connectivity index (χ0n) is 8.27. The maximum Gasteiger partial charge on any atom is 0.108 e. The Morgan fingerprint density at radius 2 is 2.00 bits per heavy atom. The summed E-state index contributed by atoms with van der Waals surface area (Å²) in [6.07, 6.45) is 1.81. The Morgan fingerprint density at radius 1 is 1.21 bits per heavy atom. The summed E-state index contributed by atoms with van der Waals surface area (Å²) in [5.41, 5.74) is 1.12. The van der Waals surface area contributed by atoms with Gasteiger partial charge in [-0.2, -0.15) is 0 Å². The summed E-state index contributed by atoms with van der Waals surface area (Å²) in [5.74, 6) is 0. The van der Waals surface area contributed by atoms with Crippen LogP contribution in [0.4, 0.5) is 0 Å². The van der Waals surface area contributed by atoms with E-state index in [1.165, 1.54) is 5.56 Å². The van der Waals surface area contributed by atoms with Crippen LogP contribution in [-0.2, 0) is 15.1 Å². The molecule has 0 bridgehead atoms. The highest BCUT2D eigenvalue weighted by molar-refractivity contribution is 5.23. The van der Waals surface area contributed by atoms with E-state index in [2.05, 4.69) is 31.2 Å². The van der Waals surface area contributed by atoms with E-state index < -0.39 is 0 Å². The molecule has 1 aromatic rings. The van der Waals surface area contributed by atoms with Crippen LogP contribution in [0.15, 0.2) is 30.3 Å². The fourth-order valence-electron chi connectivity index (χ4n) is 2.21. The molecular weight excluding hydrogens is 176 g/mol. The molecule has 2 heteroatoms. The van der Waals surface area contributed by atoms with E-state index in [4.69, 9.17) is 9.47 Å². The molecule has 0 unspecified atom stereocenters. The summed E-state index contributed by atoms with van der Waals surface area (Å²) in [4.78, 5) is 0. The predicted octanol–water partition coefficient (Wildman–Crippen LogP) is 2.09. The standard InChI is InChI=1S/C12H14O2/c1-12(9-5-3-2-4-6-9)7-10-11(14-10)8-13-12/h2-6,10-11H,7-8H2,1H3/t10-,11+,12-/m0/s1. The van der Waals surface area contributed by atoms with Crippen molar-refractivity contribution in [2.24, 2.45) is 0 Å². The number of hydrogen-bond acceptors (Lipinski definition) is 2. The summed E-state index contributed by atoms with van der Waals surface area (Å²) < 4.78 is 11.4. The molecule has 74 valence electrons. The van der Waals surface area contributed by atoms with Crippen molar-refractivity contribution >= 4 is 0 Å². The zero-order valence-corrected chi connectivity index (χ0v) is 8.27. The van der Waals surface area contributed by atoms with Crippen molar-refractivity contribution in [3.8, 4) is 0 Å². The van der Waals surface area contributed by atoms with Crippen LogP contribution in [0.5, 0.6) is 0 Å². The topological polar surface area (TPSA) is 21.8 Å². The van der Waals surface area contributed by atoms with Crippen molar-refractivity contribution in [2.75, 3.05) is 6.61 Å². The quantitative estimate of drug-likeness (QED) is 0.632. The van der Waals surface area contributed by atoms with E-state index in [1.807, 2.05) is 6.07 Å². The maximum atomic E-state index is 5.88. The van der Waals surface area contributed by atoms with Crippen molar-refractivity contribution < 1.29 is 9.47 Å². The lowest BCUT2D eigenvalue weighted by atomic mass is 9.88. The normalized spacial score (nSPS) is 40.4. The Balaban J connectivity index is 1.89. The monoisotopic (exact) mass is 190 g/mol. The Morgan fingerprint density at radius 3 is 2.71 bits per heavy atom. The summed E-state index contributed by atoms with van der Waals surface area (Å²) in [6.45, 7) is 2.90. The molecule has 3 atom stereocenters. The Bertz CT molecular complexity index is 335. The van der Waals surface area contributed by atoms with Gasteiger partial charge in [-0.15, -0.1) is 0 Å².